The summed E-state index contributed by atoms with van der Waals surface area (Å²) in [6.45, 7) is 4.48. The summed E-state index contributed by atoms with van der Waals surface area (Å²) in [5.41, 5.74) is 0.209. The molecule has 0 saturated carbocycles. The molecule has 0 spiro atoms. The van der Waals surface area contributed by atoms with Gasteiger partial charge in [-0.05, 0) is 18.7 Å². The summed E-state index contributed by atoms with van der Waals surface area (Å²) in [5.74, 6) is -1.02. The van der Waals surface area contributed by atoms with Gasteiger partial charge in [-0.25, -0.2) is 8.78 Å². The third-order valence-corrected chi connectivity index (χ3v) is 2.28. The molecule has 1 rings (SSSR count). The first-order valence-corrected chi connectivity index (χ1v) is 4.57. The van der Waals surface area contributed by atoms with Crippen molar-refractivity contribution in [2.75, 3.05) is 13.6 Å². The molecule has 0 bridgehead atoms. The lowest BCUT2D eigenvalue weighted by molar-refractivity contribution is 0.458. The smallest absolute Gasteiger partial charge is 0.129 e. The molecule has 0 amide bonds. The maximum atomic E-state index is 13.4. The van der Waals surface area contributed by atoms with E-state index in [1.54, 1.807) is 0 Å². The largest absolute Gasteiger partial charge is 0.319 e. The van der Waals surface area contributed by atoms with Crippen LogP contribution in [0.3, 0.4) is 0 Å². The van der Waals surface area contributed by atoms with E-state index in [1.165, 1.54) is 12.1 Å². The van der Waals surface area contributed by atoms with Crippen molar-refractivity contribution in [2.45, 2.75) is 19.3 Å². The average molecular weight is 199 g/mol. The molecule has 0 fully saturated rings. The molecule has 78 valence electrons. The Labute approximate surface area is 83.1 Å². The first-order valence-electron chi connectivity index (χ1n) is 4.57. The fraction of sp³-hybridized carbons (Fsp3) is 0.455. The molecule has 1 N–H and O–H groups in total. The zero-order valence-corrected chi connectivity index (χ0v) is 8.70. The Kier molecular flexibility index (Phi) is 3.21. The summed E-state index contributed by atoms with van der Waals surface area (Å²) in [7, 11) is 1.81. The number of nitrogens with one attached hydrogen (secondary N) is 1. The van der Waals surface area contributed by atoms with Gasteiger partial charge in [0, 0.05) is 18.0 Å². The third-order valence-electron chi connectivity index (χ3n) is 2.28. The van der Waals surface area contributed by atoms with Crippen molar-refractivity contribution in [1.29, 1.82) is 0 Å². The summed E-state index contributed by atoms with van der Waals surface area (Å²) in [6, 6.07) is 3.71. The molecular formula is C11H15F2N. The molecule has 0 radical (unpaired) electrons. The molecule has 0 heterocycles. The minimum atomic E-state index is -0.536. The van der Waals surface area contributed by atoms with Gasteiger partial charge in [-0.1, -0.05) is 19.9 Å². The summed E-state index contributed by atoms with van der Waals surface area (Å²) in [4.78, 5) is 0. The van der Waals surface area contributed by atoms with Crippen LogP contribution in [0.2, 0.25) is 0 Å². The van der Waals surface area contributed by atoms with Crippen LogP contribution in [0.5, 0.6) is 0 Å². The highest BCUT2D eigenvalue weighted by Gasteiger charge is 2.23. The van der Waals surface area contributed by atoms with Crippen molar-refractivity contribution in [3.8, 4) is 0 Å². The van der Waals surface area contributed by atoms with Gasteiger partial charge in [-0.15, -0.1) is 0 Å². The summed E-state index contributed by atoms with van der Waals surface area (Å²) in [5, 5.41) is 2.99. The Morgan fingerprint density at radius 3 is 2.43 bits per heavy atom. The van der Waals surface area contributed by atoms with Crippen LogP contribution in [0, 0.1) is 11.6 Å². The second-order valence-electron chi connectivity index (χ2n) is 4.04. The standard InChI is InChI=1S/C11H15F2N/c1-11(2,7-14-3)9-5-4-8(12)6-10(9)13/h4-6,14H,7H2,1-3H3. The number of hydrogen-bond acceptors (Lipinski definition) is 1. The minimum Gasteiger partial charge on any atom is -0.319 e. The number of rotatable bonds is 3. The lowest BCUT2D eigenvalue weighted by atomic mass is 9.84. The van der Waals surface area contributed by atoms with Crippen LogP contribution in [0.25, 0.3) is 0 Å². The van der Waals surface area contributed by atoms with Gasteiger partial charge >= 0.3 is 0 Å². The van der Waals surface area contributed by atoms with E-state index in [2.05, 4.69) is 5.32 Å². The van der Waals surface area contributed by atoms with E-state index >= 15 is 0 Å². The predicted octanol–water partition coefficient (Wildman–Crippen LogP) is 2.46. The van der Waals surface area contributed by atoms with Crippen molar-refractivity contribution >= 4 is 0 Å². The zero-order valence-electron chi connectivity index (χ0n) is 8.70. The van der Waals surface area contributed by atoms with Crippen LogP contribution < -0.4 is 5.32 Å². The maximum Gasteiger partial charge on any atom is 0.129 e. The minimum absolute atomic E-state index is 0.327. The van der Waals surface area contributed by atoms with E-state index in [0.717, 1.165) is 6.07 Å². The Morgan fingerprint density at radius 1 is 1.29 bits per heavy atom. The van der Waals surface area contributed by atoms with Gasteiger partial charge in [0.25, 0.3) is 0 Å². The van der Waals surface area contributed by atoms with Crippen LogP contribution in [-0.4, -0.2) is 13.6 Å². The normalized spacial score (nSPS) is 11.8. The zero-order chi connectivity index (χ0) is 10.8. The molecule has 0 saturated heterocycles. The van der Waals surface area contributed by atoms with Crippen molar-refractivity contribution in [2.24, 2.45) is 0 Å². The fourth-order valence-corrected chi connectivity index (χ4v) is 1.58. The molecule has 0 aliphatic carbocycles. The second-order valence-corrected chi connectivity index (χ2v) is 4.04. The molecule has 1 aromatic carbocycles. The monoisotopic (exact) mass is 199 g/mol. The van der Waals surface area contributed by atoms with Gasteiger partial charge in [-0.2, -0.15) is 0 Å². The summed E-state index contributed by atoms with van der Waals surface area (Å²) in [6.07, 6.45) is 0. The molecule has 1 aromatic rings. The Bertz CT molecular complexity index is 321. The predicted molar refractivity (Wildman–Crippen MR) is 53.3 cm³/mol. The van der Waals surface area contributed by atoms with Crippen LogP contribution in [0.15, 0.2) is 18.2 Å². The Morgan fingerprint density at radius 2 is 1.93 bits per heavy atom. The van der Waals surface area contributed by atoms with Crippen LogP contribution in [0.1, 0.15) is 19.4 Å². The molecule has 1 nitrogen and oxygen atoms in total. The highest BCUT2D eigenvalue weighted by atomic mass is 19.1. The molecule has 3 heteroatoms. The number of hydrogen-bond donors (Lipinski definition) is 1. The molecule has 0 aliphatic heterocycles. The van der Waals surface area contributed by atoms with Crippen LogP contribution in [-0.2, 0) is 5.41 Å². The van der Waals surface area contributed by atoms with Gasteiger partial charge in [0.1, 0.15) is 11.6 Å². The highest BCUT2D eigenvalue weighted by molar-refractivity contribution is 5.26. The number of likely N-dealkylation sites (N-methyl/N-ethyl adjacent to an activating group) is 1. The van der Waals surface area contributed by atoms with Crippen molar-refractivity contribution < 1.29 is 8.78 Å². The maximum absolute atomic E-state index is 13.4. The Hall–Kier alpha value is -0.960. The first kappa shape index (κ1) is 11.1. The lowest BCUT2D eigenvalue weighted by Gasteiger charge is -2.25. The number of halogens is 2. The molecule has 14 heavy (non-hydrogen) atoms. The lowest BCUT2D eigenvalue weighted by Crippen LogP contribution is -2.31. The van der Waals surface area contributed by atoms with Crippen LogP contribution in [0.4, 0.5) is 8.78 Å². The van der Waals surface area contributed by atoms with Crippen LogP contribution >= 0.6 is 0 Å². The Balaban J connectivity index is 3.06. The second kappa shape index (κ2) is 4.05. The van der Waals surface area contributed by atoms with Gasteiger partial charge in [0.05, 0.1) is 0 Å². The fourth-order valence-electron chi connectivity index (χ4n) is 1.58. The van der Waals surface area contributed by atoms with Crippen molar-refractivity contribution in [1.82, 2.24) is 5.32 Å². The SMILES string of the molecule is CNCC(C)(C)c1ccc(F)cc1F. The van der Waals surface area contributed by atoms with E-state index in [0.29, 0.717) is 12.1 Å². The third kappa shape index (κ3) is 2.29. The molecule has 0 aromatic heterocycles. The van der Waals surface area contributed by atoms with E-state index in [4.69, 9.17) is 0 Å². The van der Waals surface area contributed by atoms with Gasteiger partial charge < -0.3 is 5.32 Å². The van der Waals surface area contributed by atoms with E-state index in [-0.39, 0.29) is 5.41 Å². The highest BCUT2D eigenvalue weighted by Crippen LogP contribution is 2.25. The van der Waals surface area contributed by atoms with Crippen molar-refractivity contribution in [3.63, 3.8) is 0 Å². The van der Waals surface area contributed by atoms with Gasteiger partial charge in [0.15, 0.2) is 0 Å². The van der Waals surface area contributed by atoms with Gasteiger partial charge in [-0.3, -0.25) is 0 Å². The topological polar surface area (TPSA) is 12.0 Å². The van der Waals surface area contributed by atoms with E-state index in [9.17, 15) is 8.78 Å². The van der Waals surface area contributed by atoms with E-state index in [1.807, 2.05) is 20.9 Å². The van der Waals surface area contributed by atoms with Crippen molar-refractivity contribution in [3.05, 3.63) is 35.4 Å². The molecule has 0 atom stereocenters. The van der Waals surface area contributed by atoms with Gasteiger partial charge in [0.2, 0.25) is 0 Å². The summed E-state index contributed by atoms with van der Waals surface area (Å²) >= 11 is 0. The average Bonchev–Trinajstić information content (AvgIpc) is 2.02. The first-order chi connectivity index (χ1) is 6.47. The molecule has 0 aliphatic rings. The quantitative estimate of drug-likeness (QED) is 0.788. The summed E-state index contributed by atoms with van der Waals surface area (Å²) < 4.78 is 26.1. The molecular weight excluding hydrogens is 184 g/mol. The van der Waals surface area contributed by atoms with E-state index < -0.39 is 11.6 Å². The number of benzene rings is 1. The molecule has 0 unspecified atom stereocenters.